The molecule has 0 radical (unpaired) electrons. The standard InChI is InChI=1S/C28H30N2O3/c1-4-14-33-27(32)21-10-6-8-20(16-21)9-7-13-29-28-18-19(3)15-22(23(28)5-2)17-25-24(28)11-12-26(31)30-25/h5-13,15-16,22H,4,14,17-18H2,1-3H3,(H,30,31)/b9-7+,23-5+,29-13?. The lowest BCUT2D eigenvalue weighted by Crippen LogP contribution is -2.40. The Morgan fingerprint density at radius 3 is 2.94 bits per heavy atom. The van der Waals surface area contributed by atoms with Gasteiger partial charge in [-0.05, 0) is 62.1 Å². The number of nitrogens with one attached hydrogen (secondary N) is 1. The van der Waals surface area contributed by atoms with Gasteiger partial charge in [0, 0.05) is 35.9 Å². The van der Waals surface area contributed by atoms with Crippen molar-refractivity contribution < 1.29 is 9.53 Å². The zero-order chi connectivity index (χ0) is 23.4. The van der Waals surface area contributed by atoms with Crippen molar-refractivity contribution in [2.45, 2.75) is 45.6 Å². The van der Waals surface area contributed by atoms with Gasteiger partial charge in [-0.1, -0.05) is 42.9 Å². The Labute approximate surface area is 194 Å². The molecule has 33 heavy (non-hydrogen) atoms. The number of rotatable bonds is 6. The molecule has 1 aromatic carbocycles. The zero-order valence-electron chi connectivity index (χ0n) is 19.4. The number of aromatic amines is 1. The van der Waals surface area contributed by atoms with E-state index in [1.807, 2.05) is 49.6 Å². The third-order valence-corrected chi connectivity index (χ3v) is 6.31. The van der Waals surface area contributed by atoms with Crippen LogP contribution in [0.5, 0.6) is 0 Å². The number of aliphatic imine (C=N–C) groups is 1. The van der Waals surface area contributed by atoms with Gasteiger partial charge in [-0.2, -0.15) is 0 Å². The molecule has 5 heteroatoms. The molecule has 2 aliphatic carbocycles. The molecule has 0 aliphatic heterocycles. The Morgan fingerprint density at radius 1 is 1.30 bits per heavy atom. The third-order valence-electron chi connectivity index (χ3n) is 6.31. The number of pyridine rings is 1. The maximum Gasteiger partial charge on any atom is 0.338 e. The molecule has 2 aromatic rings. The van der Waals surface area contributed by atoms with Crippen molar-refractivity contribution in [2.75, 3.05) is 6.61 Å². The van der Waals surface area contributed by atoms with Crippen LogP contribution in [0.1, 0.15) is 60.8 Å². The number of H-pyrrole nitrogens is 1. The minimum atomic E-state index is -0.508. The van der Waals surface area contributed by atoms with E-state index in [1.54, 1.807) is 12.1 Å². The fourth-order valence-corrected chi connectivity index (χ4v) is 5.02. The van der Waals surface area contributed by atoms with Crippen molar-refractivity contribution in [2.24, 2.45) is 10.9 Å². The quantitative estimate of drug-likeness (QED) is 0.370. The van der Waals surface area contributed by atoms with E-state index in [1.165, 1.54) is 11.1 Å². The van der Waals surface area contributed by atoms with Crippen LogP contribution in [0.2, 0.25) is 0 Å². The summed E-state index contributed by atoms with van der Waals surface area (Å²) < 4.78 is 5.23. The second-order valence-corrected chi connectivity index (χ2v) is 8.72. The highest BCUT2D eigenvalue weighted by atomic mass is 16.5. The lowest BCUT2D eigenvalue weighted by atomic mass is 9.63. The van der Waals surface area contributed by atoms with Gasteiger partial charge in [0.1, 0.15) is 5.54 Å². The van der Waals surface area contributed by atoms with E-state index in [0.29, 0.717) is 12.2 Å². The molecule has 0 saturated carbocycles. The summed E-state index contributed by atoms with van der Waals surface area (Å²) in [5.41, 5.74) is 5.49. The molecule has 2 aliphatic rings. The van der Waals surface area contributed by atoms with Crippen molar-refractivity contribution in [3.63, 3.8) is 0 Å². The van der Waals surface area contributed by atoms with E-state index in [2.05, 4.69) is 31.0 Å². The van der Waals surface area contributed by atoms with Gasteiger partial charge in [0.05, 0.1) is 12.2 Å². The molecule has 4 rings (SSSR count). The fourth-order valence-electron chi connectivity index (χ4n) is 5.02. The van der Waals surface area contributed by atoms with E-state index >= 15 is 0 Å². The largest absolute Gasteiger partial charge is 0.462 e. The maximum absolute atomic E-state index is 12.1. The van der Waals surface area contributed by atoms with Crippen molar-refractivity contribution in [3.05, 3.63) is 98.5 Å². The van der Waals surface area contributed by atoms with Gasteiger partial charge < -0.3 is 9.72 Å². The zero-order valence-corrected chi connectivity index (χ0v) is 19.4. The van der Waals surface area contributed by atoms with Crippen molar-refractivity contribution >= 4 is 18.3 Å². The van der Waals surface area contributed by atoms with Crippen LogP contribution in [0.25, 0.3) is 6.08 Å². The Kier molecular flexibility index (Phi) is 6.59. The summed E-state index contributed by atoms with van der Waals surface area (Å²) in [7, 11) is 0. The number of fused-ring (bicyclic) bond motifs is 4. The molecule has 5 nitrogen and oxygen atoms in total. The first-order chi connectivity index (χ1) is 16.0. The molecule has 0 spiro atoms. The van der Waals surface area contributed by atoms with E-state index in [4.69, 9.17) is 9.73 Å². The van der Waals surface area contributed by atoms with E-state index in [-0.39, 0.29) is 17.4 Å². The first kappa shape index (κ1) is 22.7. The average molecular weight is 443 g/mol. The summed E-state index contributed by atoms with van der Waals surface area (Å²) >= 11 is 0. The SMILES string of the molecule is C/C=C1\C2C=C(C)CC1(N=C/C=C/c1cccc(C(=O)OCCC)c1)c1ccc(=O)[nH]c1C2. The Balaban J connectivity index is 1.64. The highest BCUT2D eigenvalue weighted by Crippen LogP contribution is 2.51. The minimum absolute atomic E-state index is 0.0761. The number of aromatic nitrogens is 1. The molecule has 0 amide bonds. The van der Waals surface area contributed by atoms with Gasteiger partial charge in [0.2, 0.25) is 5.56 Å². The summed E-state index contributed by atoms with van der Waals surface area (Å²) in [6.45, 7) is 6.61. The van der Waals surface area contributed by atoms with E-state index in [0.717, 1.165) is 36.1 Å². The summed E-state index contributed by atoms with van der Waals surface area (Å²) in [5.74, 6) is -0.0676. The number of allylic oxidation sites excluding steroid dienone is 3. The lowest BCUT2D eigenvalue weighted by molar-refractivity contribution is 0.0505. The molecule has 170 valence electrons. The van der Waals surface area contributed by atoms with Crippen molar-refractivity contribution in [1.82, 2.24) is 4.98 Å². The second-order valence-electron chi connectivity index (χ2n) is 8.72. The molecular weight excluding hydrogens is 412 g/mol. The first-order valence-corrected chi connectivity index (χ1v) is 11.5. The van der Waals surface area contributed by atoms with Gasteiger partial charge >= 0.3 is 5.97 Å². The number of esters is 1. The van der Waals surface area contributed by atoms with Crippen LogP contribution in [0.4, 0.5) is 0 Å². The molecule has 2 unspecified atom stereocenters. The van der Waals surface area contributed by atoms with Gasteiger partial charge in [-0.3, -0.25) is 9.79 Å². The molecule has 1 heterocycles. The monoisotopic (exact) mass is 442 g/mol. The normalized spacial score (nSPS) is 23.1. The van der Waals surface area contributed by atoms with E-state index < -0.39 is 5.54 Å². The highest BCUT2D eigenvalue weighted by molar-refractivity contribution is 5.90. The fraction of sp³-hybridized carbons (Fsp3) is 0.321. The number of hydrogen-bond donors (Lipinski definition) is 1. The number of benzene rings is 1. The van der Waals surface area contributed by atoms with Gasteiger partial charge in [0.25, 0.3) is 0 Å². The molecule has 2 atom stereocenters. The number of carbonyl (C=O) groups excluding carboxylic acids is 1. The molecule has 1 N–H and O–H groups in total. The van der Waals surface area contributed by atoms with Crippen LogP contribution < -0.4 is 5.56 Å². The van der Waals surface area contributed by atoms with E-state index in [9.17, 15) is 9.59 Å². The highest BCUT2D eigenvalue weighted by Gasteiger charge is 2.46. The second kappa shape index (κ2) is 9.57. The number of carbonyl (C=O) groups is 1. The predicted molar refractivity (Wildman–Crippen MR) is 133 cm³/mol. The topological polar surface area (TPSA) is 71.5 Å². The summed E-state index contributed by atoms with van der Waals surface area (Å²) in [6, 6.07) is 10.9. The Hall–Kier alpha value is -3.47. The van der Waals surface area contributed by atoms with Crippen molar-refractivity contribution in [1.29, 1.82) is 0 Å². The number of hydrogen-bond acceptors (Lipinski definition) is 4. The third kappa shape index (κ3) is 4.54. The molecule has 1 aromatic heterocycles. The molecule has 2 bridgehead atoms. The number of ether oxygens (including phenoxy) is 1. The van der Waals surface area contributed by atoms with Crippen LogP contribution in [-0.2, 0) is 16.7 Å². The van der Waals surface area contributed by atoms with Crippen LogP contribution in [0.15, 0.2) is 75.6 Å². The molecular formula is C28H30N2O3. The minimum Gasteiger partial charge on any atom is -0.462 e. The van der Waals surface area contributed by atoms with Crippen LogP contribution >= 0.6 is 0 Å². The first-order valence-electron chi connectivity index (χ1n) is 11.5. The summed E-state index contributed by atoms with van der Waals surface area (Å²) in [4.78, 5) is 32.2. The Morgan fingerprint density at radius 2 is 2.15 bits per heavy atom. The van der Waals surface area contributed by atoms with Crippen LogP contribution in [-0.4, -0.2) is 23.8 Å². The molecule has 0 fully saturated rings. The average Bonchev–Trinajstić information content (AvgIpc) is 2.80. The number of nitrogens with zero attached hydrogens (tertiary/aromatic N) is 1. The predicted octanol–water partition coefficient (Wildman–Crippen LogP) is 5.39. The summed E-state index contributed by atoms with van der Waals surface area (Å²) in [5, 5.41) is 0. The lowest BCUT2D eigenvalue weighted by Gasteiger charge is -2.45. The van der Waals surface area contributed by atoms with Crippen molar-refractivity contribution in [3.8, 4) is 0 Å². The van der Waals surface area contributed by atoms with Gasteiger partial charge in [0.15, 0.2) is 0 Å². The maximum atomic E-state index is 12.1. The summed E-state index contributed by atoms with van der Waals surface area (Å²) in [6.07, 6.45) is 12.5. The van der Waals surface area contributed by atoms with Crippen LogP contribution in [0.3, 0.4) is 0 Å². The van der Waals surface area contributed by atoms with Gasteiger partial charge in [-0.25, -0.2) is 4.79 Å². The van der Waals surface area contributed by atoms with Gasteiger partial charge in [-0.15, -0.1) is 0 Å². The van der Waals surface area contributed by atoms with Crippen LogP contribution in [0, 0.1) is 5.92 Å². The Bertz CT molecular complexity index is 1230. The molecule has 0 saturated heterocycles. The smallest absolute Gasteiger partial charge is 0.338 e.